The summed E-state index contributed by atoms with van der Waals surface area (Å²) in [6.45, 7) is 2.83. The third kappa shape index (κ3) is 3.80. The van der Waals surface area contributed by atoms with Crippen molar-refractivity contribution in [2.24, 2.45) is 5.73 Å². The van der Waals surface area contributed by atoms with Gasteiger partial charge in [0.2, 0.25) is 0 Å². The Labute approximate surface area is 124 Å². The number of nitrogens with two attached hydrogens (primary N) is 1. The summed E-state index contributed by atoms with van der Waals surface area (Å²) >= 11 is 0. The topological polar surface area (TPSA) is 44.5 Å². The molecule has 0 heterocycles. The molecule has 2 N–H and O–H groups in total. The Kier molecular flexibility index (Phi) is 5.31. The molecule has 0 aliphatic carbocycles. The molecule has 2 aromatic rings. The van der Waals surface area contributed by atoms with Crippen LogP contribution in [0.3, 0.4) is 0 Å². The fourth-order valence-corrected chi connectivity index (χ4v) is 2.17. The second-order valence-corrected chi connectivity index (χ2v) is 4.88. The lowest BCUT2D eigenvalue weighted by Gasteiger charge is -2.18. The predicted molar refractivity (Wildman–Crippen MR) is 81.0 cm³/mol. The fraction of sp³-hybridized carbons (Fsp3) is 0.294. The number of benzene rings is 2. The molecule has 0 fully saturated rings. The summed E-state index contributed by atoms with van der Waals surface area (Å²) in [5.41, 5.74) is 8.44. The first-order valence-corrected chi connectivity index (χ1v) is 6.85. The van der Waals surface area contributed by atoms with Crippen LogP contribution < -0.4 is 10.5 Å². The van der Waals surface area contributed by atoms with Crippen molar-refractivity contribution in [2.75, 3.05) is 20.3 Å². The maximum Gasteiger partial charge on any atom is 0.128 e. The van der Waals surface area contributed by atoms with E-state index in [2.05, 4.69) is 0 Å². The van der Waals surface area contributed by atoms with Crippen molar-refractivity contribution < 1.29 is 13.9 Å². The summed E-state index contributed by atoms with van der Waals surface area (Å²) in [5, 5.41) is 0. The predicted octanol–water partition coefficient (Wildman–Crippen LogP) is 3.21. The highest BCUT2D eigenvalue weighted by Gasteiger charge is 2.17. The number of hydrogen-bond acceptors (Lipinski definition) is 3. The highest BCUT2D eigenvalue weighted by molar-refractivity contribution is 5.42. The maximum absolute atomic E-state index is 14.0. The third-order valence-corrected chi connectivity index (χ3v) is 3.29. The normalized spacial score (nSPS) is 12.2. The molecule has 0 saturated carbocycles. The van der Waals surface area contributed by atoms with Crippen LogP contribution in [0, 0.1) is 12.7 Å². The van der Waals surface area contributed by atoms with Gasteiger partial charge in [0.25, 0.3) is 0 Å². The number of hydrogen-bond donors (Lipinski definition) is 1. The Morgan fingerprint density at radius 3 is 2.62 bits per heavy atom. The molecule has 21 heavy (non-hydrogen) atoms. The van der Waals surface area contributed by atoms with Gasteiger partial charge in [-0.15, -0.1) is 0 Å². The van der Waals surface area contributed by atoms with Crippen molar-refractivity contribution >= 4 is 0 Å². The van der Waals surface area contributed by atoms with Crippen LogP contribution in [-0.4, -0.2) is 20.3 Å². The summed E-state index contributed by atoms with van der Waals surface area (Å²) in [7, 11) is 1.61. The van der Waals surface area contributed by atoms with Crippen LogP contribution in [0.2, 0.25) is 0 Å². The van der Waals surface area contributed by atoms with Crippen molar-refractivity contribution in [1.29, 1.82) is 0 Å². The summed E-state index contributed by atoms with van der Waals surface area (Å²) in [6, 6.07) is 11.8. The van der Waals surface area contributed by atoms with Gasteiger partial charge in [0, 0.05) is 18.2 Å². The van der Waals surface area contributed by atoms with E-state index in [0.717, 1.165) is 11.1 Å². The molecule has 2 aromatic carbocycles. The smallest absolute Gasteiger partial charge is 0.128 e. The Bertz CT molecular complexity index is 601. The summed E-state index contributed by atoms with van der Waals surface area (Å²) in [5.74, 6) is 0.350. The second-order valence-electron chi connectivity index (χ2n) is 4.88. The van der Waals surface area contributed by atoms with Gasteiger partial charge in [0.05, 0.1) is 12.6 Å². The third-order valence-electron chi connectivity index (χ3n) is 3.29. The lowest BCUT2D eigenvalue weighted by atomic mass is 9.97. The van der Waals surface area contributed by atoms with Crippen molar-refractivity contribution in [1.82, 2.24) is 0 Å². The molecule has 2 rings (SSSR count). The zero-order chi connectivity index (χ0) is 15.2. The van der Waals surface area contributed by atoms with Gasteiger partial charge in [-0.25, -0.2) is 4.39 Å². The minimum absolute atomic E-state index is 0.306. The summed E-state index contributed by atoms with van der Waals surface area (Å²) in [6.07, 6.45) is 0. The zero-order valence-electron chi connectivity index (χ0n) is 12.3. The molecule has 0 spiro atoms. The highest BCUT2D eigenvalue weighted by atomic mass is 19.1. The molecule has 0 radical (unpaired) electrons. The first kappa shape index (κ1) is 15.5. The molecule has 112 valence electrons. The van der Waals surface area contributed by atoms with Gasteiger partial charge in [-0.3, -0.25) is 0 Å². The van der Waals surface area contributed by atoms with Gasteiger partial charge < -0.3 is 15.2 Å². The van der Waals surface area contributed by atoms with Crippen LogP contribution in [0.15, 0.2) is 42.5 Å². The molecule has 0 saturated heterocycles. The number of halogens is 1. The Morgan fingerprint density at radius 2 is 1.86 bits per heavy atom. The first-order valence-electron chi connectivity index (χ1n) is 6.85. The highest BCUT2D eigenvalue weighted by Crippen LogP contribution is 2.30. The van der Waals surface area contributed by atoms with E-state index in [1.54, 1.807) is 19.2 Å². The van der Waals surface area contributed by atoms with E-state index in [1.807, 2.05) is 31.2 Å². The fourth-order valence-electron chi connectivity index (χ4n) is 2.17. The van der Waals surface area contributed by atoms with Crippen molar-refractivity contribution in [3.8, 4) is 5.75 Å². The molecular weight excluding hydrogens is 269 g/mol. The first-order chi connectivity index (χ1) is 10.1. The number of methoxy groups -OCH3 is 1. The molecule has 0 aliphatic rings. The van der Waals surface area contributed by atoms with E-state index in [0.29, 0.717) is 24.5 Å². The monoisotopic (exact) mass is 289 g/mol. The SMILES string of the molecule is COCCOc1ccccc1C(N)c1cc(C)ccc1F. The minimum atomic E-state index is -0.566. The Morgan fingerprint density at radius 1 is 1.10 bits per heavy atom. The van der Waals surface area contributed by atoms with Gasteiger partial charge in [-0.2, -0.15) is 0 Å². The molecule has 0 aliphatic heterocycles. The van der Waals surface area contributed by atoms with E-state index in [9.17, 15) is 4.39 Å². The molecule has 0 aromatic heterocycles. The molecule has 0 amide bonds. The molecule has 1 atom stereocenters. The van der Waals surface area contributed by atoms with Gasteiger partial charge in [0.15, 0.2) is 0 Å². The number of rotatable bonds is 6. The number of ether oxygens (including phenoxy) is 2. The maximum atomic E-state index is 14.0. The standard InChI is InChI=1S/C17H20FNO2/c1-12-7-8-15(18)14(11-12)17(19)13-5-3-4-6-16(13)21-10-9-20-2/h3-8,11,17H,9-10,19H2,1-2H3. The second kappa shape index (κ2) is 7.20. The van der Waals surface area contributed by atoms with Crippen molar-refractivity contribution in [2.45, 2.75) is 13.0 Å². The largest absolute Gasteiger partial charge is 0.491 e. The molecule has 4 heteroatoms. The van der Waals surface area contributed by atoms with E-state index >= 15 is 0 Å². The Balaban J connectivity index is 2.30. The van der Waals surface area contributed by atoms with Crippen LogP contribution in [0.1, 0.15) is 22.7 Å². The summed E-state index contributed by atoms with van der Waals surface area (Å²) in [4.78, 5) is 0. The van der Waals surface area contributed by atoms with E-state index in [-0.39, 0.29) is 5.82 Å². The van der Waals surface area contributed by atoms with E-state index < -0.39 is 6.04 Å². The van der Waals surface area contributed by atoms with E-state index in [1.165, 1.54) is 6.07 Å². The average molecular weight is 289 g/mol. The van der Waals surface area contributed by atoms with Crippen LogP contribution in [0.5, 0.6) is 5.75 Å². The van der Waals surface area contributed by atoms with Crippen LogP contribution in [0.4, 0.5) is 4.39 Å². The van der Waals surface area contributed by atoms with Gasteiger partial charge in [-0.1, -0.05) is 35.9 Å². The number of aryl methyl sites for hydroxylation is 1. The zero-order valence-corrected chi connectivity index (χ0v) is 12.3. The quantitative estimate of drug-likeness (QED) is 0.831. The minimum Gasteiger partial charge on any atom is -0.491 e. The lowest BCUT2D eigenvalue weighted by molar-refractivity contribution is 0.145. The molecule has 0 bridgehead atoms. The van der Waals surface area contributed by atoms with Crippen molar-refractivity contribution in [3.05, 3.63) is 65.0 Å². The Hall–Kier alpha value is -1.91. The van der Waals surface area contributed by atoms with Gasteiger partial charge in [-0.05, 0) is 19.1 Å². The van der Waals surface area contributed by atoms with Crippen LogP contribution >= 0.6 is 0 Å². The van der Waals surface area contributed by atoms with E-state index in [4.69, 9.17) is 15.2 Å². The molecule has 1 unspecified atom stereocenters. The summed E-state index contributed by atoms with van der Waals surface area (Å²) < 4.78 is 24.6. The van der Waals surface area contributed by atoms with Gasteiger partial charge >= 0.3 is 0 Å². The average Bonchev–Trinajstić information content (AvgIpc) is 2.50. The number of para-hydroxylation sites is 1. The molecular formula is C17H20FNO2. The van der Waals surface area contributed by atoms with Crippen LogP contribution in [0.25, 0.3) is 0 Å². The van der Waals surface area contributed by atoms with Crippen molar-refractivity contribution in [3.63, 3.8) is 0 Å². The van der Waals surface area contributed by atoms with Crippen LogP contribution in [-0.2, 0) is 4.74 Å². The van der Waals surface area contributed by atoms with Gasteiger partial charge in [0.1, 0.15) is 18.2 Å². The molecule has 3 nitrogen and oxygen atoms in total. The lowest BCUT2D eigenvalue weighted by Crippen LogP contribution is -2.16.